The van der Waals surface area contributed by atoms with Gasteiger partial charge in [-0.3, -0.25) is 4.79 Å². The van der Waals surface area contributed by atoms with Crippen molar-refractivity contribution in [1.29, 1.82) is 0 Å². The summed E-state index contributed by atoms with van der Waals surface area (Å²) >= 11 is 0. The number of amides is 1. The fourth-order valence-electron chi connectivity index (χ4n) is 3.92. The molecular formula is C23H30N4O4. The lowest BCUT2D eigenvalue weighted by atomic mass is 9.96. The summed E-state index contributed by atoms with van der Waals surface area (Å²) in [4.78, 5) is 38.3. The first-order valence-corrected chi connectivity index (χ1v) is 10.9. The minimum absolute atomic E-state index is 0.0607. The first-order chi connectivity index (χ1) is 15.0. The highest BCUT2D eigenvalue weighted by molar-refractivity contribution is 5.95. The van der Waals surface area contributed by atoms with Crippen molar-refractivity contribution >= 4 is 17.7 Å². The summed E-state index contributed by atoms with van der Waals surface area (Å²) in [7, 11) is 0. The average Bonchev–Trinajstić information content (AvgIpc) is 2.80. The van der Waals surface area contributed by atoms with E-state index in [0.29, 0.717) is 43.4 Å². The minimum Gasteiger partial charge on any atom is -0.507 e. The third-order valence-corrected chi connectivity index (χ3v) is 5.55. The molecule has 0 saturated carbocycles. The number of esters is 1. The Morgan fingerprint density at radius 2 is 1.97 bits per heavy atom. The van der Waals surface area contributed by atoms with Gasteiger partial charge in [0.05, 0.1) is 18.1 Å². The molecule has 2 heterocycles. The molecular weight excluding hydrogens is 396 g/mol. The number of phenolic OH excluding ortho intramolecular Hbond substituents is 1. The molecule has 1 aromatic heterocycles. The van der Waals surface area contributed by atoms with E-state index in [-0.39, 0.29) is 29.7 Å². The number of carbonyl (C=O) groups excluding carboxylic acids is 2. The Kier molecular flexibility index (Phi) is 7.44. The van der Waals surface area contributed by atoms with Crippen molar-refractivity contribution in [2.24, 2.45) is 5.92 Å². The number of nitrogens with zero attached hydrogens (tertiary/aromatic N) is 4. The molecule has 1 aliphatic heterocycles. The van der Waals surface area contributed by atoms with Crippen LogP contribution in [0.5, 0.6) is 5.75 Å². The largest absolute Gasteiger partial charge is 0.507 e. The lowest BCUT2D eigenvalue weighted by Crippen LogP contribution is -2.45. The van der Waals surface area contributed by atoms with Gasteiger partial charge in [-0.25, -0.2) is 14.8 Å². The number of hydrogen-bond acceptors (Lipinski definition) is 7. The van der Waals surface area contributed by atoms with Crippen LogP contribution in [0.1, 0.15) is 44.0 Å². The van der Waals surface area contributed by atoms with Gasteiger partial charge in [0.1, 0.15) is 17.1 Å². The molecule has 166 valence electrons. The Balaban J connectivity index is 1.98. The number of phenols is 1. The second kappa shape index (κ2) is 10.2. The van der Waals surface area contributed by atoms with Gasteiger partial charge in [-0.15, -0.1) is 0 Å². The Morgan fingerprint density at radius 1 is 1.23 bits per heavy atom. The highest BCUT2D eigenvalue weighted by Gasteiger charge is 2.31. The van der Waals surface area contributed by atoms with Gasteiger partial charge in [-0.05, 0) is 45.7 Å². The van der Waals surface area contributed by atoms with Crippen LogP contribution in [0, 0.1) is 5.92 Å². The van der Waals surface area contributed by atoms with E-state index in [9.17, 15) is 14.7 Å². The Labute approximate surface area is 182 Å². The van der Waals surface area contributed by atoms with Crippen LogP contribution < -0.4 is 4.90 Å². The molecule has 0 aliphatic carbocycles. The molecule has 1 amide bonds. The zero-order chi connectivity index (χ0) is 22.4. The monoisotopic (exact) mass is 426 g/mol. The predicted molar refractivity (Wildman–Crippen MR) is 118 cm³/mol. The topological polar surface area (TPSA) is 95.9 Å². The van der Waals surface area contributed by atoms with Crippen molar-refractivity contribution in [1.82, 2.24) is 14.9 Å². The van der Waals surface area contributed by atoms with Crippen molar-refractivity contribution in [2.45, 2.75) is 33.6 Å². The molecule has 31 heavy (non-hydrogen) atoms. The van der Waals surface area contributed by atoms with Crippen molar-refractivity contribution in [3.8, 4) is 17.1 Å². The van der Waals surface area contributed by atoms with E-state index in [1.165, 1.54) is 6.20 Å². The number of carbonyl (C=O) groups is 2. The number of para-hydroxylation sites is 1. The molecule has 0 radical (unpaired) electrons. The van der Waals surface area contributed by atoms with Gasteiger partial charge in [-0.2, -0.15) is 0 Å². The van der Waals surface area contributed by atoms with E-state index in [4.69, 9.17) is 4.74 Å². The molecule has 1 aromatic carbocycles. The Bertz CT molecular complexity index is 930. The second-order valence-corrected chi connectivity index (χ2v) is 7.46. The smallest absolute Gasteiger partial charge is 0.343 e. The zero-order valence-corrected chi connectivity index (χ0v) is 18.4. The highest BCUT2D eigenvalue weighted by atomic mass is 16.5. The van der Waals surface area contributed by atoms with Crippen LogP contribution in [0.15, 0.2) is 30.5 Å². The number of aromatic hydroxyl groups is 1. The summed E-state index contributed by atoms with van der Waals surface area (Å²) in [5, 5.41) is 10.2. The van der Waals surface area contributed by atoms with Crippen molar-refractivity contribution in [3.05, 3.63) is 36.0 Å². The number of aromatic nitrogens is 2. The van der Waals surface area contributed by atoms with E-state index >= 15 is 0 Å². The van der Waals surface area contributed by atoms with Gasteiger partial charge in [-0.1, -0.05) is 12.1 Å². The quantitative estimate of drug-likeness (QED) is 0.680. The van der Waals surface area contributed by atoms with Gasteiger partial charge < -0.3 is 19.6 Å². The fraction of sp³-hybridized carbons (Fsp3) is 0.478. The molecule has 2 aromatic rings. The Hall–Kier alpha value is -3.16. The van der Waals surface area contributed by atoms with Crippen LogP contribution in [-0.2, 0) is 9.53 Å². The van der Waals surface area contributed by atoms with Crippen molar-refractivity contribution in [2.75, 3.05) is 37.7 Å². The van der Waals surface area contributed by atoms with Gasteiger partial charge in [0.15, 0.2) is 5.82 Å². The maximum absolute atomic E-state index is 12.9. The number of piperidine rings is 1. The maximum Gasteiger partial charge on any atom is 0.343 e. The number of hydrogen-bond donors (Lipinski definition) is 1. The van der Waals surface area contributed by atoms with Gasteiger partial charge in [0, 0.05) is 32.4 Å². The van der Waals surface area contributed by atoms with E-state index < -0.39 is 5.97 Å². The van der Waals surface area contributed by atoms with Crippen LogP contribution in [0.2, 0.25) is 0 Å². The van der Waals surface area contributed by atoms with E-state index in [2.05, 4.69) is 9.97 Å². The average molecular weight is 427 g/mol. The molecule has 1 fully saturated rings. The molecule has 0 bridgehead atoms. The molecule has 1 atom stereocenters. The van der Waals surface area contributed by atoms with Gasteiger partial charge in [0.2, 0.25) is 5.91 Å². The van der Waals surface area contributed by atoms with E-state index in [1.807, 2.05) is 23.6 Å². The molecule has 3 rings (SSSR count). The SMILES string of the molecule is CCOC(=O)c1cnc(-c2ccccc2O)nc1N1CCCC(C(=O)N(CC)CC)C1. The Morgan fingerprint density at radius 3 is 2.65 bits per heavy atom. The number of rotatable bonds is 7. The van der Waals surface area contributed by atoms with Crippen LogP contribution in [-0.4, -0.2) is 64.6 Å². The molecule has 1 saturated heterocycles. The lowest BCUT2D eigenvalue weighted by Gasteiger charge is -2.35. The molecule has 1 N–H and O–H groups in total. The van der Waals surface area contributed by atoms with Crippen molar-refractivity contribution in [3.63, 3.8) is 0 Å². The third-order valence-electron chi connectivity index (χ3n) is 5.55. The zero-order valence-electron chi connectivity index (χ0n) is 18.4. The predicted octanol–water partition coefficient (Wildman–Crippen LogP) is 3.11. The second-order valence-electron chi connectivity index (χ2n) is 7.46. The maximum atomic E-state index is 12.9. The van der Waals surface area contributed by atoms with E-state index in [1.54, 1.807) is 31.2 Å². The van der Waals surface area contributed by atoms with Crippen molar-refractivity contribution < 1.29 is 19.4 Å². The summed E-state index contributed by atoms with van der Waals surface area (Å²) in [5.74, 6) is 0.279. The molecule has 8 heteroatoms. The molecule has 1 unspecified atom stereocenters. The number of ether oxygens (including phenoxy) is 1. The first kappa shape index (κ1) is 22.5. The first-order valence-electron chi connectivity index (χ1n) is 10.9. The molecule has 0 spiro atoms. The molecule has 8 nitrogen and oxygen atoms in total. The number of anilines is 1. The van der Waals surface area contributed by atoms with E-state index in [0.717, 1.165) is 12.8 Å². The van der Waals surface area contributed by atoms with Gasteiger partial charge in [0.25, 0.3) is 0 Å². The van der Waals surface area contributed by atoms with Crippen LogP contribution in [0.4, 0.5) is 5.82 Å². The third kappa shape index (κ3) is 4.95. The minimum atomic E-state index is -0.501. The fourth-order valence-corrected chi connectivity index (χ4v) is 3.92. The summed E-state index contributed by atoms with van der Waals surface area (Å²) in [6, 6.07) is 6.80. The summed E-state index contributed by atoms with van der Waals surface area (Å²) in [6.07, 6.45) is 3.06. The standard InChI is InChI=1S/C23H30N4O4/c1-4-26(5-2)22(29)16-10-9-13-27(15-16)21-18(23(30)31-6-3)14-24-20(25-21)17-11-7-8-12-19(17)28/h7-8,11-12,14,16,28H,4-6,9-10,13,15H2,1-3H3. The van der Waals surface area contributed by atoms with Crippen LogP contribution in [0.3, 0.4) is 0 Å². The lowest BCUT2D eigenvalue weighted by molar-refractivity contribution is -0.135. The van der Waals surface area contributed by atoms with Crippen LogP contribution >= 0.6 is 0 Å². The van der Waals surface area contributed by atoms with Crippen LogP contribution in [0.25, 0.3) is 11.4 Å². The number of benzene rings is 1. The molecule has 1 aliphatic rings. The van der Waals surface area contributed by atoms with Gasteiger partial charge >= 0.3 is 5.97 Å². The summed E-state index contributed by atoms with van der Waals surface area (Å²) in [6.45, 7) is 8.42. The summed E-state index contributed by atoms with van der Waals surface area (Å²) in [5.41, 5.74) is 0.740. The highest BCUT2D eigenvalue weighted by Crippen LogP contribution is 2.31. The normalized spacial score (nSPS) is 16.1. The summed E-state index contributed by atoms with van der Waals surface area (Å²) < 4.78 is 5.21.